The number of nitrogens with one attached hydrogen (secondary N) is 1. The molecule has 0 spiro atoms. The maximum absolute atomic E-state index is 6.14. The quantitative estimate of drug-likeness (QED) is 0.725. The van der Waals surface area contributed by atoms with E-state index in [2.05, 4.69) is 15.2 Å². The first kappa shape index (κ1) is 12.7. The molecule has 0 atom stereocenters. The first-order chi connectivity index (χ1) is 9.72. The second-order valence-corrected chi connectivity index (χ2v) is 4.91. The van der Waals surface area contributed by atoms with Gasteiger partial charge in [0.25, 0.3) is 0 Å². The lowest BCUT2D eigenvalue weighted by Crippen LogP contribution is -1.92. The lowest BCUT2D eigenvalue weighted by Gasteiger charge is -2.00. The average molecular weight is 285 g/mol. The molecule has 3 N–H and O–H groups in total. The number of nitrogens with zero attached hydrogens (tertiary/aromatic N) is 2. The summed E-state index contributed by atoms with van der Waals surface area (Å²) in [6.45, 7) is 0. The van der Waals surface area contributed by atoms with E-state index in [0.29, 0.717) is 17.9 Å². The predicted octanol–water partition coefficient (Wildman–Crippen LogP) is 3.30. The summed E-state index contributed by atoms with van der Waals surface area (Å²) in [6, 6.07) is 15.2. The van der Waals surface area contributed by atoms with Crippen molar-refractivity contribution in [2.75, 3.05) is 5.73 Å². The van der Waals surface area contributed by atoms with Crippen LogP contribution in [0.25, 0.3) is 11.4 Å². The molecule has 5 heteroatoms. The summed E-state index contributed by atoms with van der Waals surface area (Å²) >= 11 is 6.14. The lowest BCUT2D eigenvalue weighted by atomic mass is 10.1. The summed E-state index contributed by atoms with van der Waals surface area (Å²) in [5.41, 5.74) is 8.37. The molecule has 1 aromatic heterocycles. The van der Waals surface area contributed by atoms with Crippen LogP contribution in [0.4, 0.5) is 5.69 Å². The van der Waals surface area contributed by atoms with Crippen molar-refractivity contribution in [1.29, 1.82) is 0 Å². The fourth-order valence-electron chi connectivity index (χ4n) is 2.00. The molecule has 0 unspecified atom stereocenters. The molecule has 0 fully saturated rings. The number of hydrogen-bond donors (Lipinski definition) is 2. The first-order valence-corrected chi connectivity index (χ1v) is 6.61. The smallest absolute Gasteiger partial charge is 0.181 e. The topological polar surface area (TPSA) is 67.6 Å². The molecule has 0 aliphatic carbocycles. The summed E-state index contributed by atoms with van der Waals surface area (Å²) in [6.07, 6.45) is 0.620. The first-order valence-electron chi connectivity index (χ1n) is 6.23. The number of benzene rings is 2. The highest BCUT2D eigenvalue weighted by Gasteiger charge is 2.08. The minimum Gasteiger partial charge on any atom is -0.399 e. The van der Waals surface area contributed by atoms with Crippen LogP contribution in [0, 0.1) is 0 Å². The van der Waals surface area contributed by atoms with Crippen LogP contribution in [0.2, 0.25) is 5.02 Å². The third-order valence-electron chi connectivity index (χ3n) is 2.99. The van der Waals surface area contributed by atoms with E-state index in [1.807, 2.05) is 48.5 Å². The van der Waals surface area contributed by atoms with Crippen molar-refractivity contribution >= 4 is 17.3 Å². The average Bonchev–Trinajstić information content (AvgIpc) is 2.90. The Morgan fingerprint density at radius 3 is 2.75 bits per heavy atom. The number of H-pyrrole nitrogens is 1. The van der Waals surface area contributed by atoms with E-state index >= 15 is 0 Å². The molecule has 0 aliphatic heterocycles. The highest BCUT2D eigenvalue weighted by Crippen LogP contribution is 2.20. The van der Waals surface area contributed by atoms with Gasteiger partial charge < -0.3 is 5.73 Å². The zero-order chi connectivity index (χ0) is 13.9. The fraction of sp³-hybridized carbons (Fsp3) is 0.0667. The lowest BCUT2D eigenvalue weighted by molar-refractivity contribution is 0.973. The van der Waals surface area contributed by atoms with Crippen LogP contribution in [-0.4, -0.2) is 15.2 Å². The Morgan fingerprint density at radius 2 is 1.95 bits per heavy atom. The molecule has 0 bridgehead atoms. The zero-order valence-electron chi connectivity index (χ0n) is 10.7. The summed E-state index contributed by atoms with van der Waals surface area (Å²) in [5, 5.41) is 7.89. The number of nitrogen functional groups attached to an aromatic ring is 1. The molecule has 0 saturated carbocycles. The van der Waals surface area contributed by atoms with Crippen molar-refractivity contribution in [2.45, 2.75) is 6.42 Å². The Morgan fingerprint density at radius 1 is 1.10 bits per heavy atom. The van der Waals surface area contributed by atoms with Crippen molar-refractivity contribution in [1.82, 2.24) is 15.2 Å². The molecule has 0 amide bonds. The number of aromatic nitrogens is 3. The molecular formula is C15H13ClN4. The zero-order valence-corrected chi connectivity index (χ0v) is 11.4. The number of rotatable bonds is 3. The van der Waals surface area contributed by atoms with E-state index < -0.39 is 0 Å². The summed E-state index contributed by atoms with van der Waals surface area (Å²) in [5.74, 6) is 1.41. The molecule has 0 radical (unpaired) electrons. The van der Waals surface area contributed by atoms with Gasteiger partial charge in [0.2, 0.25) is 0 Å². The number of halogens is 1. The summed E-state index contributed by atoms with van der Waals surface area (Å²) < 4.78 is 0. The minimum atomic E-state index is 0.620. The van der Waals surface area contributed by atoms with Gasteiger partial charge in [-0.05, 0) is 23.8 Å². The van der Waals surface area contributed by atoms with Gasteiger partial charge in [-0.3, -0.25) is 5.10 Å². The molecule has 0 saturated heterocycles. The number of anilines is 1. The predicted molar refractivity (Wildman–Crippen MR) is 80.5 cm³/mol. The molecule has 20 heavy (non-hydrogen) atoms. The van der Waals surface area contributed by atoms with Crippen molar-refractivity contribution in [3.05, 3.63) is 64.9 Å². The number of nitrogens with two attached hydrogens (primary N) is 1. The molecule has 1 heterocycles. The van der Waals surface area contributed by atoms with Crippen molar-refractivity contribution in [3.63, 3.8) is 0 Å². The molecule has 0 aliphatic rings. The Bertz CT molecular complexity index is 736. The van der Waals surface area contributed by atoms with Gasteiger partial charge >= 0.3 is 0 Å². The van der Waals surface area contributed by atoms with Crippen LogP contribution in [0.15, 0.2) is 48.5 Å². The third-order valence-corrected chi connectivity index (χ3v) is 3.36. The Hall–Kier alpha value is -2.33. The van der Waals surface area contributed by atoms with E-state index in [9.17, 15) is 0 Å². The fourth-order valence-corrected chi connectivity index (χ4v) is 2.21. The van der Waals surface area contributed by atoms with Crippen LogP contribution in [0.3, 0.4) is 0 Å². The normalized spacial score (nSPS) is 10.7. The van der Waals surface area contributed by atoms with E-state index in [4.69, 9.17) is 17.3 Å². The van der Waals surface area contributed by atoms with Gasteiger partial charge in [-0.25, -0.2) is 4.98 Å². The minimum absolute atomic E-state index is 0.620. The van der Waals surface area contributed by atoms with Crippen LogP contribution in [-0.2, 0) is 6.42 Å². The van der Waals surface area contributed by atoms with Crippen LogP contribution in [0.5, 0.6) is 0 Å². The monoisotopic (exact) mass is 284 g/mol. The van der Waals surface area contributed by atoms with Gasteiger partial charge in [-0.2, -0.15) is 5.10 Å². The molecule has 100 valence electrons. The van der Waals surface area contributed by atoms with Gasteiger partial charge in [-0.1, -0.05) is 41.9 Å². The SMILES string of the molecule is Nc1cccc(-c2n[nH]c(Cc3ccccc3Cl)n2)c1. The van der Waals surface area contributed by atoms with E-state index in [1.165, 1.54) is 0 Å². The molecule has 3 rings (SSSR count). The van der Waals surface area contributed by atoms with Crippen molar-refractivity contribution < 1.29 is 0 Å². The Kier molecular flexibility index (Phi) is 3.39. The maximum atomic E-state index is 6.14. The Balaban J connectivity index is 1.86. The largest absolute Gasteiger partial charge is 0.399 e. The number of aromatic amines is 1. The standard InChI is InChI=1S/C15H13ClN4/c16-13-7-2-1-4-10(13)9-14-18-15(20-19-14)11-5-3-6-12(17)8-11/h1-8H,9,17H2,(H,18,19,20). The van der Waals surface area contributed by atoms with Crippen LogP contribution >= 0.6 is 11.6 Å². The summed E-state index contributed by atoms with van der Waals surface area (Å²) in [4.78, 5) is 4.48. The Labute approximate surface area is 121 Å². The highest BCUT2D eigenvalue weighted by molar-refractivity contribution is 6.31. The van der Waals surface area contributed by atoms with Crippen LogP contribution < -0.4 is 5.73 Å². The van der Waals surface area contributed by atoms with Crippen LogP contribution in [0.1, 0.15) is 11.4 Å². The maximum Gasteiger partial charge on any atom is 0.181 e. The van der Waals surface area contributed by atoms with E-state index in [0.717, 1.165) is 22.0 Å². The van der Waals surface area contributed by atoms with E-state index in [-0.39, 0.29) is 0 Å². The van der Waals surface area contributed by atoms with E-state index in [1.54, 1.807) is 0 Å². The molecule has 3 aromatic rings. The van der Waals surface area contributed by atoms with Crippen molar-refractivity contribution in [3.8, 4) is 11.4 Å². The van der Waals surface area contributed by atoms with Gasteiger partial charge in [0, 0.05) is 22.7 Å². The highest BCUT2D eigenvalue weighted by atomic mass is 35.5. The summed E-state index contributed by atoms with van der Waals surface area (Å²) in [7, 11) is 0. The third kappa shape index (κ3) is 2.65. The van der Waals surface area contributed by atoms with Crippen molar-refractivity contribution in [2.24, 2.45) is 0 Å². The van der Waals surface area contributed by atoms with Gasteiger partial charge in [-0.15, -0.1) is 0 Å². The molecule has 4 nitrogen and oxygen atoms in total. The molecular weight excluding hydrogens is 272 g/mol. The second kappa shape index (κ2) is 5.35. The van der Waals surface area contributed by atoms with Gasteiger partial charge in [0.1, 0.15) is 5.82 Å². The van der Waals surface area contributed by atoms with Gasteiger partial charge in [0.15, 0.2) is 5.82 Å². The molecule has 2 aromatic carbocycles. The second-order valence-electron chi connectivity index (χ2n) is 4.50. The number of hydrogen-bond acceptors (Lipinski definition) is 3. The van der Waals surface area contributed by atoms with Gasteiger partial charge in [0.05, 0.1) is 0 Å².